The summed E-state index contributed by atoms with van der Waals surface area (Å²) in [6, 6.07) is 3.14. The van der Waals surface area contributed by atoms with Gasteiger partial charge in [0.2, 0.25) is 5.91 Å². The highest BCUT2D eigenvalue weighted by atomic mass is 16.2. The molecule has 122 valence electrons. The van der Waals surface area contributed by atoms with Gasteiger partial charge in [0.15, 0.2) is 5.65 Å². The van der Waals surface area contributed by atoms with Crippen molar-refractivity contribution in [2.24, 2.45) is 0 Å². The summed E-state index contributed by atoms with van der Waals surface area (Å²) in [5.41, 5.74) is 2.66. The number of nitrogens with zero attached hydrogens (tertiary/aromatic N) is 4. The van der Waals surface area contributed by atoms with Crippen LogP contribution in [0.1, 0.15) is 41.6 Å². The van der Waals surface area contributed by atoms with Crippen molar-refractivity contribution in [2.45, 2.75) is 39.7 Å². The lowest BCUT2D eigenvalue weighted by Gasteiger charge is -2.27. The van der Waals surface area contributed by atoms with Crippen molar-refractivity contribution in [3.8, 4) is 0 Å². The molecule has 0 aliphatic carbocycles. The van der Waals surface area contributed by atoms with Crippen LogP contribution in [-0.2, 0) is 4.79 Å². The zero-order valence-corrected chi connectivity index (χ0v) is 13.7. The Morgan fingerprint density at radius 1 is 1.35 bits per heavy atom. The van der Waals surface area contributed by atoms with E-state index in [4.69, 9.17) is 0 Å². The fourth-order valence-corrected chi connectivity index (χ4v) is 3.04. The third-order valence-electron chi connectivity index (χ3n) is 4.10. The Morgan fingerprint density at radius 2 is 2.13 bits per heavy atom. The number of aryl methyl sites for hydroxylation is 2. The molecular formula is C16H21N5O2. The molecule has 0 radical (unpaired) electrons. The average Bonchev–Trinajstić information content (AvgIpc) is 2.77. The molecule has 2 aromatic heterocycles. The van der Waals surface area contributed by atoms with E-state index in [9.17, 15) is 9.59 Å². The number of carbonyl (C=O) groups excluding carboxylic acids is 2. The van der Waals surface area contributed by atoms with Gasteiger partial charge in [-0.3, -0.25) is 9.59 Å². The second-order valence-corrected chi connectivity index (χ2v) is 5.91. The molecule has 1 aliphatic rings. The molecule has 7 nitrogen and oxygen atoms in total. The quantitative estimate of drug-likeness (QED) is 0.899. The second kappa shape index (κ2) is 5.98. The highest BCUT2D eigenvalue weighted by molar-refractivity contribution is 5.97. The van der Waals surface area contributed by atoms with E-state index in [0.29, 0.717) is 30.9 Å². The Bertz CT molecular complexity index is 767. The van der Waals surface area contributed by atoms with Crippen LogP contribution in [0, 0.1) is 13.8 Å². The van der Waals surface area contributed by atoms with Gasteiger partial charge in [-0.2, -0.15) is 5.10 Å². The van der Waals surface area contributed by atoms with Gasteiger partial charge < -0.3 is 10.2 Å². The summed E-state index contributed by atoms with van der Waals surface area (Å²) >= 11 is 0. The van der Waals surface area contributed by atoms with Crippen LogP contribution in [0.2, 0.25) is 0 Å². The average molecular weight is 315 g/mol. The molecule has 3 heterocycles. The molecule has 23 heavy (non-hydrogen) atoms. The predicted octanol–water partition coefficient (Wildman–Crippen LogP) is 1.09. The fraction of sp³-hybridized carbons (Fsp3) is 0.500. The maximum absolute atomic E-state index is 13.1. The van der Waals surface area contributed by atoms with Gasteiger partial charge in [-0.15, -0.1) is 0 Å². The topological polar surface area (TPSA) is 79.6 Å². The van der Waals surface area contributed by atoms with Crippen molar-refractivity contribution < 1.29 is 9.59 Å². The maximum Gasteiger partial charge on any atom is 0.273 e. The lowest BCUT2D eigenvalue weighted by molar-refractivity contribution is -0.124. The molecule has 2 aromatic rings. The largest absolute Gasteiger partial charge is 0.354 e. The third kappa shape index (κ3) is 2.78. The Hall–Kier alpha value is -2.44. The molecule has 1 N–H and O–H groups in total. The summed E-state index contributed by atoms with van der Waals surface area (Å²) in [7, 11) is 0. The van der Waals surface area contributed by atoms with Crippen molar-refractivity contribution in [3.63, 3.8) is 0 Å². The van der Waals surface area contributed by atoms with Crippen LogP contribution in [0.25, 0.3) is 5.65 Å². The predicted molar refractivity (Wildman–Crippen MR) is 85.2 cm³/mol. The van der Waals surface area contributed by atoms with E-state index in [1.54, 1.807) is 15.5 Å². The van der Waals surface area contributed by atoms with Crippen molar-refractivity contribution in [1.82, 2.24) is 24.8 Å². The van der Waals surface area contributed by atoms with Gasteiger partial charge in [-0.25, -0.2) is 9.50 Å². The molecule has 0 unspecified atom stereocenters. The first-order chi connectivity index (χ1) is 11.0. The lowest BCUT2D eigenvalue weighted by Crippen LogP contribution is -2.47. The van der Waals surface area contributed by atoms with Crippen molar-refractivity contribution in [1.29, 1.82) is 0 Å². The van der Waals surface area contributed by atoms with Gasteiger partial charge in [0, 0.05) is 24.8 Å². The zero-order valence-electron chi connectivity index (χ0n) is 13.7. The summed E-state index contributed by atoms with van der Waals surface area (Å²) in [6.45, 7) is 6.79. The minimum absolute atomic E-state index is 0.0861. The third-order valence-corrected chi connectivity index (χ3v) is 4.10. The van der Waals surface area contributed by atoms with Crippen LogP contribution in [0.15, 0.2) is 12.1 Å². The molecular weight excluding hydrogens is 294 g/mol. The standard InChI is InChI=1S/C16H21N5O2/c1-4-12-15(22)17-6-5-7-20(12)16(23)13-8-10(2)18-14-9-11(3)19-21(13)14/h8-9,12H,4-7H2,1-3H3,(H,17,22)/t12-/m1/s1. The van der Waals surface area contributed by atoms with Crippen LogP contribution in [0.3, 0.4) is 0 Å². The van der Waals surface area contributed by atoms with E-state index >= 15 is 0 Å². The monoisotopic (exact) mass is 315 g/mol. The van der Waals surface area contributed by atoms with Gasteiger partial charge >= 0.3 is 0 Å². The van der Waals surface area contributed by atoms with Crippen molar-refractivity contribution in [2.75, 3.05) is 13.1 Å². The molecule has 1 saturated heterocycles. The molecule has 3 rings (SSSR count). The van der Waals surface area contributed by atoms with Gasteiger partial charge in [-0.1, -0.05) is 6.92 Å². The number of aromatic nitrogens is 3. The van der Waals surface area contributed by atoms with Crippen LogP contribution >= 0.6 is 0 Å². The van der Waals surface area contributed by atoms with Gasteiger partial charge in [-0.05, 0) is 32.8 Å². The number of carbonyl (C=O) groups is 2. The molecule has 7 heteroatoms. The molecule has 0 spiro atoms. The molecule has 0 aromatic carbocycles. The molecule has 1 fully saturated rings. The van der Waals surface area contributed by atoms with Crippen LogP contribution in [-0.4, -0.2) is 50.4 Å². The maximum atomic E-state index is 13.1. The summed E-state index contributed by atoms with van der Waals surface area (Å²) in [5, 5.41) is 7.24. The fourth-order valence-electron chi connectivity index (χ4n) is 3.04. The van der Waals surface area contributed by atoms with Crippen LogP contribution < -0.4 is 5.32 Å². The Kier molecular flexibility index (Phi) is 4.02. The Morgan fingerprint density at radius 3 is 2.87 bits per heavy atom. The normalized spacial score (nSPS) is 18.8. The number of hydrogen-bond donors (Lipinski definition) is 1. The number of rotatable bonds is 2. The van der Waals surface area contributed by atoms with E-state index in [2.05, 4.69) is 15.4 Å². The summed E-state index contributed by atoms with van der Waals surface area (Å²) < 4.78 is 1.57. The highest BCUT2D eigenvalue weighted by Gasteiger charge is 2.32. The summed E-state index contributed by atoms with van der Waals surface area (Å²) in [4.78, 5) is 31.4. The van der Waals surface area contributed by atoms with E-state index in [-0.39, 0.29) is 11.8 Å². The van der Waals surface area contributed by atoms with Crippen molar-refractivity contribution >= 4 is 17.5 Å². The second-order valence-electron chi connectivity index (χ2n) is 5.91. The Labute approximate surface area is 134 Å². The minimum atomic E-state index is -0.440. The van der Waals surface area contributed by atoms with E-state index in [0.717, 1.165) is 17.8 Å². The van der Waals surface area contributed by atoms with E-state index in [1.165, 1.54) is 0 Å². The van der Waals surface area contributed by atoms with Gasteiger partial charge in [0.05, 0.1) is 5.69 Å². The first kappa shape index (κ1) is 15.5. The van der Waals surface area contributed by atoms with Crippen molar-refractivity contribution in [3.05, 3.63) is 29.2 Å². The molecule has 0 bridgehead atoms. The summed E-state index contributed by atoms with van der Waals surface area (Å²) in [6.07, 6.45) is 1.34. The lowest BCUT2D eigenvalue weighted by atomic mass is 10.1. The van der Waals surface area contributed by atoms with E-state index < -0.39 is 6.04 Å². The number of hydrogen-bond acceptors (Lipinski definition) is 4. The van der Waals surface area contributed by atoms with Crippen LogP contribution in [0.5, 0.6) is 0 Å². The first-order valence-corrected chi connectivity index (χ1v) is 7.94. The Balaban J connectivity index is 2.06. The molecule has 1 atom stereocenters. The van der Waals surface area contributed by atoms with Crippen LogP contribution in [0.4, 0.5) is 0 Å². The number of nitrogens with one attached hydrogen (secondary N) is 1. The SMILES string of the molecule is CC[C@@H]1C(=O)NCCCN1C(=O)c1cc(C)nc2cc(C)nn12. The number of fused-ring (bicyclic) bond motifs is 1. The van der Waals surface area contributed by atoms with Gasteiger partial charge in [0.1, 0.15) is 11.7 Å². The molecule has 1 aliphatic heterocycles. The molecule has 0 saturated carbocycles. The molecule has 2 amide bonds. The minimum Gasteiger partial charge on any atom is -0.354 e. The smallest absolute Gasteiger partial charge is 0.273 e. The first-order valence-electron chi connectivity index (χ1n) is 7.94. The highest BCUT2D eigenvalue weighted by Crippen LogP contribution is 2.16. The van der Waals surface area contributed by atoms with Gasteiger partial charge in [0.25, 0.3) is 5.91 Å². The number of amides is 2. The van der Waals surface area contributed by atoms with E-state index in [1.807, 2.05) is 26.8 Å². The summed E-state index contributed by atoms with van der Waals surface area (Å²) in [5.74, 6) is -0.260. The zero-order chi connectivity index (χ0) is 16.6.